The first-order valence-corrected chi connectivity index (χ1v) is 7.76. The van der Waals surface area contributed by atoms with Gasteiger partial charge in [-0.25, -0.2) is 4.98 Å². The second kappa shape index (κ2) is 5.06. The number of nitrogens with two attached hydrogens (primary N) is 1. The van der Waals surface area contributed by atoms with Gasteiger partial charge in [0, 0.05) is 4.88 Å². The molecule has 3 rings (SSSR count). The van der Waals surface area contributed by atoms with Crippen molar-refractivity contribution in [1.29, 1.82) is 0 Å². The Hall–Kier alpha value is -1.19. The molecule has 0 saturated heterocycles. The summed E-state index contributed by atoms with van der Waals surface area (Å²) < 4.78 is 0. The lowest BCUT2D eigenvalue weighted by Crippen LogP contribution is -2.13. The second-order valence-corrected chi connectivity index (χ2v) is 6.76. The van der Waals surface area contributed by atoms with Gasteiger partial charge in [0.25, 0.3) is 0 Å². The predicted octanol–water partition coefficient (Wildman–Crippen LogP) is 3.88. The van der Waals surface area contributed by atoms with Gasteiger partial charge in [-0.2, -0.15) is 0 Å². The summed E-state index contributed by atoms with van der Waals surface area (Å²) in [6, 6.07) is 10.2. The first kappa shape index (κ1) is 12.8. The highest BCUT2D eigenvalue weighted by Crippen LogP contribution is 2.39. The van der Waals surface area contributed by atoms with Crippen LogP contribution >= 0.6 is 11.3 Å². The molecule has 2 N–H and O–H groups in total. The summed E-state index contributed by atoms with van der Waals surface area (Å²) in [5, 5.41) is 1.07. The summed E-state index contributed by atoms with van der Waals surface area (Å²) in [6.07, 6.45) is 2.38. The highest BCUT2D eigenvalue weighted by Gasteiger charge is 2.27. The number of rotatable bonds is 2. The van der Waals surface area contributed by atoms with E-state index in [0.717, 1.165) is 22.9 Å². The van der Waals surface area contributed by atoms with Crippen molar-refractivity contribution in [2.24, 2.45) is 11.7 Å². The zero-order valence-corrected chi connectivity index (χ0v) is 12.3. The van der Waals surface area contributed by atoms with Crippen molar-refractivity contribution in [2.75, 3.05) is 0 Å². The number of nitrogens with zero attached hydrogens (tertiary/aromatic N) is 1. The predicted molar refractivity (Wildman–Crippen MR) is 80.5 cm³/mol. The third-order valence-corrected chi connectivity index (χ3v) is 5.33. The standard InChI is InChI=1S/C16H20N2S/c1-10-8-11(2)15-13(9-10)18-16(19-15)14(17)12-6-4-3-5-7-12/h3-7,10-11,14H,8-9,17H2,1-2H3. The smallest absolute Gasteiger partial charge is 0.114 e. The molecule has 1 aromatic heterocycles. The summed E-state index contributed by atoms with van der Waals surface area (Å²) in [5.74, 6) is 1.37. The van der Waals surface area contributed by atoms with Gasteiger partial charge in [-0.3, -0.25) is 0 Å². The lowest BCUT2D eigenvalue weighted by molar-refractivity contribution is 0.449. The van der Waals surface area contributed by atoms with E-state index >= 15 is 0 Å². The molecule has 0 amide bonds. The molecule has 2 nitrogen and oxygen atoms in total. The first-order chi connectivity index (χ1) is 9.15. The first-order valence-electron chi connectivity index (χ1n) is 6.95. The van der Waals surface area contributed by atoms with Gasteiger partial charge in [-0.15, -0.1) is 11.3 Å². The zero-order valence-electron chi connectivity index (χ0n) is 11.5. The van der Waals surface area contributed by atoms with Crippen LogP contribution < -0.4 is 5.73 Å². The van der Waals surface area contributed by atoms with Gasteiger partial charge in [-0.1, -0.05) is 44.2 Å². The van der Waals surface area contributed by atoms with E-state index in [1.165, 1.54) is 17.0 Å². The van der Waals surface area contributed by atoms with Crippen LogP contribution in [0.2, 0.25) is 0 Å². The third kappa shape index (κ3) is 2.45. The lowest BCUT2D eigenvalue weighted by Gasteiger charge is -2.22. The molecule has 1 aliphatic carbocycles. The van der Waals surface area contributed by atoms with Crippen LogP contribution in [0.25, 0.3) is 0 Å². The van der Waals surface area contributed by atoms with Gasteiger partial charge in [0.05, 0.1) is 11.7 Å². The van der Waals surface area contributed by atoms with E-state index in [1.54, 1.807) is 0 Å². The Morgan fingerprint density at radius 1 is 1.26 bits per heavy atom. The van der Waals surface area contributed by atoms with Crippen LogP contribution in [0.1, 0.15) is 53.4 Å². The largest absolute Gasteiger partial charge is 0.318 e. The maximum atomic E-state index is 6.36. The van der Waals surface area contributed by atoms with Gasteiger partial charge < -0.3 is 5.73 Å². The van der Waals surface area contributed by atoms with Gasteiger partial charge in [0.15, 0.2) is 0 Å². The SMILES string of the molecule is CC1Cc2nc(C(N)c3ccccc3)sc2C(C)C1. The lowest BCUT2D eigenvalue weighted by atomic mass is 9.86. The number of thiazole rings is 1. The molecular weight excluding hydrogens is 252 g/mol. The van der Waals surface area contributed by atoms with Crippen LogP contribution in [-0.4, -0.2) is 4.98 Å². The number of benzene rings is 1. The minimum atomic E-state index is -0.0840. The molecule has 2 aromatic rings. The quantitative estimate of drug-likeness (QED) is 0.901. The Morgan fingerprint density at radius 2 is 2.00 bits per heavy atom. The normalized spacial score (nSPS) is 23.9. The molecule has 3 heteroatoms. The topological polar surface area (TPSA) is 38.9 Å². The van der Waals surface area contributed by atoms with E-state index in [4.69, 9.17) is 10.7 Å². The molecular formula is C16H20N2S. The van der Waals surface area contributed by atoms with Crippen LogP contribution in [0.4, 0.5) is 0 Å². The molecule has 0 radical (unpaired) electrons. The van der Waals surface area contributed by atoms with E-state index in [0.29, 0.717) is 5.92 Å². The second-order valence-electron chi connectivity index (χ2n) is 5.70. The minimum absolute atomic E-state index is 0.0840. The molecule has 0 saturated carbocycles. The Kier molecular flexibility index (Phi) is 3.42. The van der Waals surface area contributed by atoms with E-state index in [1.807, 2.05) is 29.5 Å². The molecule has 0 bridgehead atoms. The van der Waals surface area contributed by atoms with Crippen molar-refractivity contribution < 1.29 is 0 Å². The van der Waals surface area contributed by atoms with Gasteiger partial charge in [-0.05, 0) is 30.2 Å². The Morgan fingerprint density at radius 3 is 2.74 bits per heavy atom. The van der Waals surface area contributed by atoms with Crippen molar-refractivity contribution in [3.63, 3.8) is 0 Å². The van der Waals surface area contributed by atoms with Crippen LogP contribution in [0.3, 0.4) is 0 Å². The fourth-order valence-electron chi connectivity index (χ4n) is 2.97. The van der Waals surface area contributed by atoms with Gasteiger partial charge in [0.1, 0.15) is 5.01 Å². The maximum absolute atomic E-state index is 6.36. The summed E-state index contributed by atoms with van der Waals surface area (Å²) >= 11 is 1.81. The van der Waals surface area contributed by atoms with E-state index in [9.17, 15) is 0 Å². The van der Waals surface area contributed by atoms with Crippen molar-refractivity contribution in [3.05, 3.63) is 51.5 Å². The molecule has 0 spiro atoms. The highest BCUT2D eigenvalue weighted by molar-refractivity contribution is 7.12. The van der Waals surface area contributed by atoms with Gasteiger partial charge >= 0.3 is 0 Å². The fraction of sp³-hybridized carbons (Fsp3) is 0.438. The highest BCUT2D eigenvalue weighted by atomic mass is 32.1. The third-order valence-electron chi connectivity index (χ3n) is 3.91. The van der Waals surface area contributed by atoms with Crippen molar-refractivity contribution in [3.8, 4) is 0 Å². The number of hydrogen-bond donors (Lipinski definition) is 1. The number of aromatic nitrogens is 1. The van der Waals surface area contributed by atoms with E-state index in [-0.39, 0.29) is 6.04 Å². The molecule has 3 atom stereocenters. The fourth-order valence-corrected chi connectivity index (χ4v) is 4.16. The Bertz CT molecular complexity index is 561. The maximum Gasteiger partial charge on any atom is 0.114 e. The average molecular weight is 272 g/mol. The van der Waals surface area contributed by atoms with Crippen LogP contribution in [-0.2, 0) is 6.42 Å². The monoisotopic (exact) mass is 272 g/mol. The van der Waals surface area contributed by atoms with Crippen molar-refractivity contribution in [2.45, 2.75) is 38.6 Å². The minimum Gasteiger partial charge on any atom is -0.318 e. The van der Waals surface area contributed by atoms with Gasteiger partial charge in [0.2, 0.25) is 0 Å². The summed E-state index contributed by atoms with van der Waals surface area (Å²) in [6.45, 7) is 4.63. The molecule has 1 aromatic carbocycles. The van der Waals surface area contributed by atoms with Crippen LogP contribution in [0.15, 0.2) is 30.3 Å². The Balaban J connectivity index is 1.93. The summed E-state index contributed by atoms with van der Waals surface area (Å²) in [7, 11) is 0. The molecule has 1 aliphatic rings. The number of hydrogen-bond acceptors (Lipinski definition) is 3. The van der Waals surface area contributed by atoms with E-state index in [2.05, 4.69) is 26.0 Å². The zero-order chi connectivity index (χ0) is 13.4. The number of fused-ring (bicyclic) bond motifs is 1. The van der Waals surface area contributed by atoms with Crippen molar-refractivity contribution in [1.82, 2.24) is 4.98 Å². The van der Waals surface area contributed by atoms with Crippen LogP contribution in [0.5, 0.6) is 0 Å². The average Bonchev–Trinajstić information content (AvgIpc) is 2.83. The summed E-state index contributed by atoms with van der Waals surface area (Å²) in [4.78, 5) is 6.28. The summed E-state index contributed by atoms with van der Waals surface area (Å²) in [5.41, 5.74) is 8.79. The molecule has 100 valence electrons. The Labute approximate surface area is 118 Å². The molecule has 1 heterocycles. The molecule has 0 fully saturated rings. The molecule has 19 heavy (non-hydrogen) atoms. The van der Waals surface area contributed by atoms with E-state index < -0.39 is 0 Å². The van der Waals surface area contributed by atoms with Crippen molar-refractivity contribution >= 4 is 11.3 Å². The van der Waals surface area contributed by atoms with Crippen LogP contribution in [0, 0.1) is 5.92 Å². The molecule has 0 aliphatic heterocycles. The molecule has 3 unspecified atom stereocenters.